The molecule has 1 atom stereocenters. The summed E-state index contributed by atoms with van der Waals surface area (Å²) in [6.45, 7) is 9.36. The first kappa shape index (κ1) is 21.4. The van der Waals surface area contributed by atoms with Gasteiger partial charge in [0, 0.05) is 0 Å². The number of aryl methyl sites for hydroxylation is 1. The molecule has 154 valence electrons. The molecule has 0 heterocycles. The number of aromatic carboxylic acids is 1. The number of hydrogen-bond acceptors (Lipinski definition) is 1. The average Bonchev–Trinajstić information content (AvgIpc) is 2.70. The zero-order valence-electron chi connectivity index (χ0n) is 18.3. The van der Waals surface area contributed by atoms with Crippen molar-refractivity contribution in [3.8, 4) is 0 Å². The van der Waals surface area contributed by atoms with Crippen molar-refractivity contribution in [2.45, 2.75) is 77.6 Å². The van der Waals surface area contributed by atoms with Crippen molar-refractivity contribution in [1.29, 1.82) is 0 Å². The maximum absolute atomic E-state index is 11.1. The minimum atomic E-state index is -0.884. The van der Waals surface area contributed by atoms with Crippen molar-refractivity contribution in [2.75, 3.05) is 0 Å². The van der Waals surface area contributed by atoms with Gasteiger partial charge in [-0.2, -0.15) is 0 Å². The van der Waals surface area contributed by atoms with Crippen LogP contribution in [0.25, 0.3) is 12.2 Å². The summed E-state index contributed by atoms with van der Waals surface area (Å²) in [4.78, 5) is 11.1. The van der Waals surface area contributed by atoms with Gasteiger partial charge in [-0.3, -0.25) is 0 Å². The highest BCUT2D eigenvalue weighted by Gasteiger charge is 2.31. The van der Waals surface area contributed by atoms with Crippen molar-refractivity contribution in [2.24, 2.45) is 0 Å². The Balaban J connectivity index is 1.96. The van der Waals surface area contributed by atoms with E-state index in [4.69, 9.17) is 5.11 Å². The number of fused-ring (bicyclic) bond motifs is 1. The van der Waals surface area contributed by atoms with Gasteiger partial charge in [0.05, 0.1) is 5.56 Å². The molecule has 0 spiro atoms. The minimum Gasteiger partial charge on any atom is -0.478 e. The van der Waals surface area contributed by atoms with Crippen molar-refractivity contribution < 1.29 is 9.90 Å². The molecule has 1 N–H and O–H groups in total. The second kappa shape index (κ2) is 8.98. The zero-order chi connectivity index (χ0) is 21.0. The van der Waals surface area contributed by atoms with E-state index in [1.54, 1.807) is 12.1 Å². The van der Waals surface area contributed by atoms with E-state index in [0.717, 1.165) is 12.0 Å². The van der Waals surface area contributed by atoms with Crippen LogP contribution in [0.3, 0.4) is 0 Å². The number of carboxylic acids is 1. The van der Waals surface area contributed by atoms with Crippen LogP contribution in [0.15, 0.2) is 36.4 Å². The molecule has 0 amide bonds. The number of carbonyl (C=O) groups is 1. The second-order valence-electron chi connectivity index (χ2n) is 9.18. The highest BCUT2D eigenvalue weighted by atomic mass is 16.4. The summed E-state index contributed by atoms with van der Waals surface area (Å²) in [5.41, 5.74) is 7.39. The van der Waals surface area contributed by atoms with Crippen LogP contribution < -0.4 is 0 Å². The van der Waals surface area contributed by atoms with E-state index < -0.39 is 5.97 Å². The zero-order valence-corrected chi connectivity index (χ0v) is 18.3. The van der Waals surface area contributed by atoms with Gasteiger partial charge in [-0.25, -0.2) is 4.79 Å². The summed E-state index contributed by atoms with van der Waals surface area (Å²) in [5, 5.41) is 9.08. The summed E-state index contributed by atoms with van der Waals surface area (Å²) in [5.74, 6) is -0.283. The maximum Gasteiger partial charge on any atom is 0.335 e. The topological polar surface area (TPSA) is 37.3 Å². The number of carboxylic acid groups (broad SMARTS) is 1. The molecule has 1 aliphatic carbocycles. The molecule has 0 saturated heterocycles. The van der Waals surface area contributed by atoms with E-state index >= 15 is 0 Å². The van der Waals surface area contributed by atoms with Gasteiger partial charge in [0.25, 0.3) is 0 Å². The highest BCUT2D eigenvalue weighted by Crippen LogP contribution is 2.43. The molecule has 1 unspecified atom stereocenters. The number of hydrogen-bond donors (Lipinski definition) is 1. The molecule has 0 fully saturated rings. The molecule has 2 aromatic rings. The first-order chi connectivity index (χ1) is 13.8. The Morgan fingerprint density at radius 1 is 1.14 bits per heavy atom. The fraction of sp³-hybridized carbons (Fsp3) is 0.444. The Hall–Kier alpha value is -2.35. The molecule has 0 saturated carbocycles. The molecule has 0 aromatic heterocycles. The van der Waals surface area contributed by atoms with E-state index in [-0.39, 0.29) is 5.41 Å². The fourth-order valence-corrected chi connectivity index (χ4v) is 4.40. The Morgan fingerprint density at radius 3 is 2.52 bits per heavy atom. The molecule has 0 radical (unpaired) electrons. The summed E-state index contributed by atoms with van der Waals surface area (Å²) < 4.78 is 0. The van der Waals surface area contributed by atoms with Gasteiger partial charge in [-0.15, -0.1) is 0 Å². The fourth-order valence-electron chi connectivity index (χ4n) is 4.40. The van der Waals surface area contributed by atoms with Gasteiger partial charge in [0.2, 0.25) is 0 Å². The van der Waals surface area contributed by atoms with Crippen LogP contribution in [0, 0.1) is 0 Å². The lowest BCUT2D eigenvalue weighted by Gasteiger charge is -2.37. The normalized spacial score (nSPS) is 18.0. The quantitative estimate of drug-likeness (QED) is 0.393. The van der Waals surface area contributed by atoms with Gasteiger partial charge in [-0.1, -0.05) is 77.0 Å². The Bertz CT molecular complexity index is 887. The number of unbranched alkanes of at least 4 members (excludes halogenated alkanes) is 2. The standard InChI is InChI=1S/C27H34O2/c1-5-6-7-8-22-18-25-24(19(2)15-16-27(25,3)4)17-23(22)14-11-20-9-12-21(13-10-20)26(28)29/h9-14,17-19H,5-8,15-16H2,1-4H3,(H,28,29)/b14-11+. The molecule has 2 heteroatoms. The molecule has 0 bridgehead atoms. The molecule has 2 nitrogen and oxygen atoms in total. The van der Waals surface area contributed by atoms with Crippen LogP contribution in [0.2, 0.25) is 0 Å². The Labute approximate surface area is 175 Å². The lowest BCUT2D eigenvalue weighted by atomic mass is 9.68. The lowest BCUT2D eigenvalue weighted by Crippen LogP contribution is -2.26. The first-order valence-corrected chi connectivity index (χ1v) is 11.0. The van der Waals surface area contributed by atoms with Crippen molar-refractivity contribution >= 4 is 18.1 Å². The summed E-state index contributed by atoms with van der Waals surface area (Å²) in [7, 11) is 0. The van der Waals surface area contributed by atoms with E-state index in [0.29, 0.717) is 11.5 Å². The monoisotopic (exact) mass is 390 g/mol. The van der Waals surface area contributed by atoms with Crippen LogP contribution in [-0.4, -0.2) is 11.1 Å². The van der Waals surface area contributed by atoms with Gasteiger partial charge in [-0.05, 0) is 77.0 Å². The largest absolute Gasteiger partial charge is 0.478 e. The summed E-state index contributed by atoms with van der Waals surface area (Å²) >= 11 is 0. The van der Waals surface area contributed by atoms with Crippen LogP contribution >= 0.6 is 0 Å². The van der Waals surface area contributed by atoms with Crippen molar-refractivity contribution in [3.63, 3.8) is 0 Å². The Morgan fingerprint density at radius 2 is 1.86 bits per heavy atom. The van der Waals surface area contributed by atoms with Gasteiger partial charge in [0.15, 0.2) is 0 Å². The Kier molecular flexibility index (Phi) is 6.62. The van der Waals surface area contributed by atoms with E-state index in [1.807, 2.05) is 12.1 Å². The van der Waals surface area contributed by atoms with Gasteiger partial charge >= 0.3 is 5.97 Å². The third kappa shape index (κ3) is 4.98. The summed E-state index contributed by atoms with van der Waals surface area (Å²) in [6.07, 6.45) is 11.6. The number of rotatable bonds is 7. The van der Waals surface area contributed by atoms with Gasteiger partial charge < -0.3 is 5.11 Å². The molecule has 1 aliphatic rings. The molecule has 3 rings (SSSR count). The minimum absolute atomic E-state index is 0.246. The molecular formula is C27H34O2. The highest BCUT2D eigenvalue weighted by molar-refractivity contribution is 5.88. The van der Waals surface area contributed by atoms with Gasteiger partial charge in [0.1, 0.15) is 0 Å². The summed E-state index contributed by atoms with van der Waals surface area (Å²) in [6, 6.07) is 12.0. The molecular weight excluding hydrogens is 356 g/mol. The van der Waals surface area contributed by atoms with E-state index in [2.05, 4.69) is 52.0 Å². The van der Waals surface area contributed by atoms with Crippen molar-refractivity contribution in [1.82, 2.24) is 0 Å². The van der Waals surface area contributed by atoms with E-state index in [1.165, 1.54) is 54.4 Å². The number of benzene rings is 2. The predicted octanol–water partition coefficient (Wildman–Crippen LogP) is 7.46. The predicted molar refractivity (Wildman–Crippen MR) is 123 cm³/mol. The lowest BCUT2D eigenvalue weighted by molar-refractivity contribution is 0.0697. The third-order valence-corrected chi connectivity index (χ3v) is 6.44. The SMILES string of the molecule is CCCCCc1cc2c(cc1/C=C/c1ccc(C(=O)O)cc1)C(C)CCC2(C)C. The average molecular weight is 391 g/mol. The third-order valence-electron chi connectivity index (χ3n) is 6.44. The van der Waals surface area contributed by atoms with Crippen LogP contribution in [0.5, 0.6) is 0 Å². The first-order valence-electron chi connectivity index (χ1n) is 11.0. The molecule has 2 aromatic carbocycles. The van der Waals surface area contributed by atoms with Crippen LogP contribution in [0.4, 0.5) is 0 Å². The van der Waals surface area contributed by atoms with Crippen LogP contribution in [-0.2, 0) is 11.8 Å². The van der Waals surface area contributed by atoms with Crippen molar-refractivity contribution in [3.05, 3.63) is 69.8 Å². The second-order valence-corrected chi connectivity index (χ2v) is 9.18. The molecule has 0 aliphatic heterocycles. The van der Waals surface area contributed by atoms with Crippen LogP contribution in [0.1, 0.15) is 104 Å². The molecule has 29 heavy (non-hydrogen) atoms. The maximum atomic E-state index is 11.1. The van der Waals surface area contributed by atoms with E-state index in [9.17, 15) is 4.79 Å². The smallest absolute Gasteiger partial charge is 0.335 e.